The van der Waals surface area contributed by atoms with Crippen molar-refractivity contribution in [2.75, 3.05) is 6.54 Å². The third kappa shape index (κ3) is 4.87. The predicted octanol–water partition coefficient (Wildman–Crippen LogP) is 3.24. The van der Waals surface area contributed by atoms with Crippen molar-refractivity contribution in [3.63, 3.8) is 0 Å². The van der Waals surface area contributed by atoms with Crippen LogP contribution in [-0.4, -0.2) is 22.2 Å². The first kappa shape index (κ1) is 16.1. The number of amides is 1. The fourth-order valence-electron chi connectivity index (χ4n) is 3.25. The average Bonchev–Trinajstić information content (AvgIpc) is 2.96. The Hall–Kier alpha value is -1.32. The van der Waals surface area contributed by atoms with E-state index in [2.05, 4.69) is 31.2 Å². The summed E-state index contributed by atoms with van der Waals surface area (Å²) in [5.74, 6) is 1.25. The van der Waals surface area contributed by atoms with Gasteiger partial charge < -0.3 is 5.32 Å². The molecule has 0 atom stereocenters. The highest BCUT2D eigenvalue weighted by Crippen LogP contribution is 2.39. The van der Waals surface area contributed by atoms with E-state index in [0.717, 1.165) is 38.3 Å². The lowest BCUT2D eigenvalue weighted by Crippen LogP contribution is -2.36. The summed E-state index contributed by atoms with van der Waals surface area (Å²) in [5, 5.41) is 7.25. The van der Waals surface area contributed by atoms with Crippen LogP contribution in [0.5, 0.6) is 0 Å². The predicted molar refractivity (Wildman–Crippen MR) is 84.8 cm³/mol. The monoisotopic (exact) mass is 291 g/mol. The maximum absolute atomic E-state index is 12.2. The van der Waals surface area contributed by atoms with Gasteiger partial charge in [0.2, 0.25) is 5.91 Å². The zero-order chi connectivity index (χ0) is 15.3. The molecule has 0 radical (unpaired) electrons. The minimum absolute atomic E-state index is 0.230. The number of carbonyl (C=O) groups is 1. The molecule has 1 amide bonds. The van der Waals surface area contributed by atoms with Gasteiger partial charge in [0.1, 0.15) is 0 Å². The lowest BCUT2D eigenvalue weighted by molar-refractivity contribution is -0.126. The van der Waals surface area contributed by atoms with Gasteiger partial charge in [0.05, 0.1) is 0 Å². The molecule has 0 aromatic carbocycles. The number of nitrogens with one attached hydrogen (secondary N) is 1. The van der Waals surface area contributed by atoms with Gasteiger partial charge in [-0.05, 0) is 49.5 Å². The van der Waals surface area contributed by atoms with Crippen molar-refractivity contribution in [3.05, 3.63) is 18.5 Å². The Balaban J connectivity index is 1.63. The van der Waals surface area contributed by atoms with Crippen LogP contribution in [0.15, 0.2) is 18.5 Å². The highest BCUT2D eigenvalue weighted by atomic mass is 16.1. The third-order valence-electron chi connectivity index (χ3n) is 4.75. The molecule has 1 N–H and O–H groups in total. The van der Waals surface area contributed by atoms with Crippen molar-refractivity contribution in [2.24, 2.45) is 17.3 Å². The minimum atomic E-state index is 0.230. The first-order chi connectivity index (χ1) is 9.97. The van der Waals surface area contributed by atoms with Crippen molar-refractivity contribution < 1.29 is 4.79 Å². The normalized spacial score (nSPS) is 23.0. The second-order valence-electron chi connectivity index (χ2n) is 7.33. The largest absolute Gasteiger partial charge is 0.356 e. The zero-order valence-electron chi connectivity index (χ0n) is 13.6. The molecular weight excluding hydrogens is 262 g/mol. The van der Waals surface area contributed by atoms with Gasteiger partial charge in [-0.2, -0.15) is 5.10 Å². The number of hydrogen-bond acceptors (Lipinski definition) is 2. The van der Waals surface area contributed by atoms with E-state index in [1.165, 1.54) is 12.8 Å². The highest BCUT2D eigenvalue weighted by molar-refractivity contribution is 5.78. The second kappa shape index (κ2) is 7.10. The highest BCUT2D eigenvalue weighted by Gasteiger charge is 2.32. The van der Waals surface area contributed by atoms with Gasteiger partial charge in [0, 0.05) is 31.4 Å². The van der Waals surface area contributed by atoms with Crippen LogP contribution >= 0.6 is 0 Å². The molecule has 1 aliphatic carbocycles. The van der Waals surface area contributed by atoms with E-state index in [1.54, 1.807) is 6.20 Å². The number of rotatable bonds is 5. The summed E-state index contributed by atoms with van der Waals surface area (Å²) < 4.78 is 1.90. The molecule has 1 aromatic heterocycles. The topological polar surface area (TPSA) is 46.9 Å². The summed E-state index contributed by atoms with van der Waals surface area (Å²) in [6.07, 6.45) is 9.15. The molecule has 1 saturated carbocycles. The van der Waals surface area contributed by atoms with Crippen LogP contribution in [0.4, 0.5) is 0 Å². The van der Waals surface area contributed by atoms with Crippen molar-refractivity contribution in [1.29, 1.82) is 0 Å². The third-order valence-corrected chi connectivity index (χ3v) is 4.75. The fourth-order valence-corrected chi connectivity index (χ4v) is 3.25. The molecule has 1 aromatic rings. The summed E-state index contributed by atoms with van der Waals surface area (Å²) in [4.78, 5) is 12.2. The molecule has 0 aliphatic heterocycles. The second-order valence-corrected chi connectivity index (χ2v) is 7.33. The Kier molecular flexibility index (Phi) is 5.43. The Morgan fingerprint density at radius 2 is 2.00 bits per heavy atom. The van der Waals surface area contributed by atoms with Crippen LogP contribution in [0.25, 0.3) is 0 Å². The maximum atomic E-state index is 12.2. The van der Waals surface area contributed by atoms with E-state index in [0.29, 0.717) is 5.41 Å². The Morgan fingerprint density at radius 1 is 1.29 bits per heavy atom. The van der Waals surface area contributed by atoms with Crippen LogP contribution in [0.1, 0.15) is 52.9 Å². The molecule has 1 aliphatic rings. The van der Waals surface area contributed by atoms with Crippen LogP contribution in [0.3, 0.4) is 0 Å². The maximum Gasteiger partial charge on any atom is 0.223 e. The van der Waals surface area contributed by atoms with Gasteiger partial charge in [0.15, 0.2) is 0 Å². The number of nitrogens with zero attached hydrogens (tertiary/aromatic N) is 2. The lowest BCUT2D eigenvalue weighted by Gasteiger charge is -2.36. The van der Waals surface area contributed by atoms with Crippen LogP contribution in [0, 0.1) is 17.3 Å². The average molecular weight is 291 g/mol. The molecule has 2 rings (SSSR count). The smallest absolute Gasteiger partial charge is 0.223 e. The lowest BCUT2D eigenvalue weighted by atomic mass is 9.69. The molecule has 4 nitrogen and oxygen atoms in total. The first-order valence-electron chi connectivity index (χ1n) is 8.22. The summed E-state index contributed by atoms with van der Waals surface area (Å²) in [6, 6.07) is 1.92. The summed E-state index contributed by atoms with van der Waals surface area (Å²) in [5.41, 5.74) is 0.380. The quantitative estimate of drug-likeness (QED) is 0.847. The molecule has 0 spiro atoms. The molecule has 118 valence electrons. The van der Waals surface area contributed by atoms with Gasteiger partial charge >= 0.3 is 0 Å². The number of aryl methyl sites for hydroxylation is 1. The standard InChI is InChI=1S/C17H29N3O/c1-17(2,3)15-8-6-14(7-9-15)16(21)18-10-4-12-20-13-5-11-19-20/h5,11,13-15H,4,6-10,12H2,1-3H3,(H,18,21). The Morgan fingerprint density at radius 3 is 2.57 bits per heavy atom. The van der Waals surface area contributed by atoms with Gasteiger partial charge in [0.25, 0.3) is 0 Å². The summed E-state index contributed by atoms with van der Waals surface area (Å²) in [7, 11) is 0. The van der Waals surface area contributed by atoms with E-state index < -0.39 is 0 Å². The molecule has 0 saturated heterocycles. The number of aromatic nitrogens is 2. The Bertz CT molecular complexity index is 425. The van der Waals surface area contributed by atoms with E-state index in [1.807, 2.05) is 16.9 Å². The van der Waals surface area contributed by atoms with Crippen LogP contribution in [-0.2, 0) is 11.3 Å². The van der Waals surface area contributed by atoms with Crippen molar-refractivity contribution >= 4 is 5.91 Å². The Labute approximate surface area is 128 Å². The van der Waals surface area contributed by atoms with Crippen molar-refractivity contribution in [3.8, 4) is 0 Å². The summed E-state index contributed by atoms with van der Waals surface area (Å²) >= 11 is 0. The van der Waals surface area contributed by atoms with Crippen LogP contribution in [0.2, 0.25) is 0 Å². The fraction of sp³-hybridized carbons (Fsp3) is 0.765. The molecule has 1 fully saturated rings. The minimum Gasteiger partial charge on any atom is -0.356 e. The van der Waals surface area contributed by atoms with Crippen LogP contribution < -0.4 is 5.32 Å². The van der Waals surface area contributed by atoms with Gasteiger partial charge in [-0.15, -0.1) is 0 Å². The van der Waals surface area contributed by atoms with E-state index in [4.69, 9.17) is 0 Å². The van der Waals surface area contributed by atoms with Gasteiger partial charge in [-0.25, -0.2) is 0 Å². The molecule has 4 heteroatoms. The summed E-state index contributed by atoms with van der Waals surface area (Å²) in [6.45, 7) is 8.55. The number of carbonyl (C=O) groups excluding carboxylic acids is 1. The number of hydrogen-bond donors (Lipinski definition) is 1. The van der Waals surface area contributed by atoms with E-state index >= 15 is 0 Å². The van der Waals surface area contributed by atoms with E-state index in [-0.39, 0.29) is 11.8 Å². The SMILES string of the molecule is CC(C)(C)C1CCC(C(=O)NCCCn2cccn2)CC1. The molecule has 21 heavy (non-hydrogen) atoms. The van der Waals surface area contributed by atoms with Gasteiger partial charge in [-0.3, -0.25) is 9.48 Å². The van der Waals surface area contributed by atoms with E-state index in [9.17, 15) is 4.79 Å². The zero-order valence-corrected chi connectivity index (χ0v) is 13.6. The molecule has 0 unspecified atom stereocenters. The first-order valence-corrected chi connectivity index (χ1v) is 8.22. The molecule has 0 bridgehead atoms. The van der Waals surface area contributed by atoms with Crippen molar-refractivity contribution in [2.45, 2.75) is 59.4 Å². The van der Waals surface area contributed by atoms with Crippen molar-refractivity contribution in [1.82, 2.24) is 15.1 Å². The molecule has 1 heterocycles. The van der Waals surface area contributed by atoms with Gasteiger partial charge in [-0.1, -0.05) is 20.8 Å². The molecular formula is C17H29N3O.